The fourth-order valence-corrected chi connectivity index (χ4v) is 0.956. The van der Waals surface area contributed by atoms with E-state index in [2.05, 4.69) is 10.6 Å². The van der Waals surface area contributed by atoms with Gasteiger partial charge in [-0.3, -0.25) is 9.59 Å². The molecule has 4 nitrogen and oxygen atoms in total. The highest BCUT2D eigenvalue weighted by molar-refractivity contribution is 5.92. The van der Waals surface area contributed by atoms with Crippen molar-refractivity contribution >= 4 is 11.8 Å². The van der Waals surface area contributed by atoms with E-state index in [0.29, 0.717) is 0 Å². The van der Waals surface area contributed by atoms with Crippen molar-refractivity contribution in [3.8, 4) is 0 Å². The average molecular weight is 212 g/mol. The van der Waals surface area contributed by atoms with Crippen molar-refractivity contribution in [2.75, 3.05) is 0 Å². The van der Waals surface area contributed by atoms with E-state index in [1.54, 1.807) is 19.9 Å². The van der Waals surface area contributed by atoms with Gasteiger partial charge in [-0.1, -0.05) is 6.08 Å². The van der Waals surface area contributed by atoms with E-state index < -0.39 is 6.04 Å². The standard InChI is InChI=1S/C11H20N2O2/c1-6-7-9(14)12-8(2)10(15)13-11(3,4)5/h6-8H,1-5H3,(H,12,14)(H,13,15)/b7-6+. The van der Waals surface area contributed by atoms with Crippen molar-refractivity contribution in [3.63, 3.8) is 0 Å². The van der Waals surface area contributed by atoms with Crippen LogP contribution in [0.1, 0.15) is 34.6 Å². The molecule has 0 heterocycles. The number of hydrogen-bond acceptors (Lipinski definition) is 2. The minimum atomic E-state index is -0.520. The van der Waals surface area contributed by atoms with Gasteiger partial charge in [0, 0.05) is 5.54 Å². The van der Waals surface area contributed by atoms with Crippen LogP contribution in [0.15, 0.2) is 12.2 Å². The van der Waals surface area contributed by atoms with Crippen LogP contribution in [-0.2, 0) is 9.59 Å². The Kier molecular flexibility index (Phi) is 5.05. The maximum absolute atomic E-state index is 11.5. The largest absolute Gasteiger partial charge is 0.350 e. The van der Waals surface area contributed by atoms with Crippen LogP contribution in [0.4, 0.5) is 0 Å². The fraction of sp³-hybridized carbons (Fsp3) is 0.636. The summed E-state index contributed by atoms with van der Waals surface area (Å²) in [5.41, 5.74) is -0.281. The first kappa shape index (κ1) is 13.7. The molecule has 0 spiro atoms. The Morgan fingerprint density at radius 2 is 1.80 bits per heavy atom. The molecule has 0 saturated heterocycles. The van der Waals surface area contributed by atoms with Gasteiger partial charge in [-0.2, -0.15) is 0 Å². The molecule has 2 amide bonds. The molecule has 0 aliphatic heterocycles. The van der Waals surface area contributed by atoms with Crippen molar-refractivity contribution in [1.82, 2.24) is 10.6 Å². The zero-order valence-corrected chi connectivity index (χ0v) is 10.0. The van der Waals surface area contributed by atoms with E-state index in [-0.39, 0.29) is 17.4 Å². The van der Waals surface area contributed by atoms with Crippen molar-refractivity contribution < 1.29 is 9.59 Å². The van der Waals surface area contributed by atoms with Crippen LogP contribution >= 0.6 is 0 Å². The van der Waals surface area contributed by atoms with E-state index in [9.17, 15) is 9.59 Å². The third-order valence-electron chi connectivity index (χ3n) is 1.57. The zero-order chi connectivity index (χ0) is 12.1. The van der Waals surface area contributed by atoms with Gasteiger partial charge in [0.15, 0.2) is 0 Å². The molecule has 0 aliphatic carbocycles. The van der Waals surface area contributed by atoms with Crippen molar-refractivity contribution in [1.29, 1.82) is 0 Å². The molecule has 0 aromatic heterocycles. The Morgan fingerprint density at radius 3 is 2.20 bits per heavy atom. The number of rotatable bonds is 3. The van der Waals surface area contributed by atoms with Crippen molar-refractivity contribution in [2.24, 2.45) is 0 Å². The highest BCUT2D eigenvalue weighted by Gasteiger charge is 2.19. The number of amides is 2. The van der Waals surface area contributed by atoms with Gasteiger partial charge >= 0.3 is 0 Å². The molecule has 0 radical (unpaired) electrons. The normalized spacial score (nSPS) is 13.7. The Morgan fingerprint density at radius 1 is 1.27 bits per heavy atom. The number of carbonyl (C=O) groups is 2. The molecule has 0 aromatic carbocycles. The Labute approximate surface area is 91.1 Å². The van der Waals surface area contributed by atoms with Crippen LogP contribution in [0, 0.1) is 0 Å². The number of carbonyl (C=O) groups excluding carboxylic acids is 2. The molecule has 0 fully saturated rings. The van der Waals surface area contributed by atoms with Crippen LogP contribution in [0.2, 0.25) is 0 Å². The highest BCUT2D eigenvalue weighted by atomic mass is 16.2. The minimum absolute atomic E-state index is 0.180. The van der Waals surface area contributed by atoms with Crippen LogP contribution in [0.25, 0.3) is 0 Å². The number of hydrogen-bond donors (Lipinski definition) is 2. The van der Waals surface area contributed by atoms with Gasteiger partial charge in [0.1, 0.15) is 6.04 Å². The maximum atomic E-state index is 11.5. The fourth-order valence-electron chi connectivity index (χ4n) is 0.956. The van der Waals surface area contributed by atoms with E-state index >= 15 is 0 Å². The van der Waals surface area contributed by atoms with Gasteiger partial charge in [-0.15, -0.1) is 0 Å². The van der Waals surface area contributed by atoms with Gasteiger partial charge in [0.05, 0.1) is 0 Å². The van der Waals surface area contributed by atoms with Crippen LogP contribution in [-0.4, -0.2) is 23.4 Å². The van der Waals surface area contributed by atoms with E-state index in [1.807, 2.05) is 20.8 Å². The van der Waals surface area contributed by atoms with Crippen LogP contribution in [0.5, 0.6) is 0 Å². The SMILES string of the molecule is C/C=C/C(=O)NC(C)C(=O)NC(C)(C)C. The molecule has 15 heavy (non-hydrogen) atoms. The van der Waals surface area contributed by atoms with E-state index in [0.717, 1.165) is 0 Å². The smallest absolute Gasteiger partial charge is 0.244 e. The molecule has 0 saturated carbocycles. The van der Waals surface area contributed by atoms with Crippen LogP contribution < -0.4 is 10.6 Å². The second kappa shape index (κ2) is 5.53. The molecule has 1 unspecified atom stereocenters. The van der Waals surface area contributed by atoms with Gasteiger partial charge in [-0.25, -0.2) is 0 Å². The number of nitrogens with one attached hydrogen (secondary N) is 2. The monoisotopic (exact) mass is 212 g/mol. The van der Waals surface area contributed by atoms with E-state index in [4.69, 9.17) is 0 Å². The first-order chi connectivity index (χ1) is 6.76. The lowest BCUT2D eigenvalue weighted by Crippen LogP contribution is -2.50. The summed E-state index contributed by atoms with van der Waals surface area (Å²) in [6.07, 6.45) is 3.02. The van der Waals surface area contributed by atoms with Gasteiger partial charge in [0.2, 0.25) is 11.8 Å². The summed E-state index contributed by atoms with van der Waals surface area (Å²) < 4.78 is 0. The van der Waals surface area contributed by atoms with Crippen molar-refractivity contribution in [3.05, 3.63) is 12.2 Å². The lowest BCUT2D eigenvalue weighted by molar-refractivity contribution is -0.127. The minimum Gasteiger partial charge on any atom is -0.350 e. The summed E-state index contributed by atoms with van der Waals surface area (Å²) in [5.74, 6) is -0.436. The average Bonchev–Trinajstić information content (AvgIpc) is 2.00. The van der Waals surface area contributed by atoms with Crippen molar-refractivity contribution in [2.45, 2.75) is 46.2 Å². The molecule has 2 N–H and O–H groups in total. The van der Waals surface area contributed by atoms with E-state index in [1.165, 1.54) is 6.08 Å². The predicted octanol–water partition coefficient (Wildman–Crippen LogP) is 0.982. The first-order valence-corrected chi connectivity index (χ1v) is 5.01. The molecule has 1 atom stereocenters. The number of allylic oxidation sites excluding steroid dienone is 1. The summed E-state index contributed by atoms with van der Waals surface area (Å²) in [5, 5.41) is 5.35. The molecular weight excluding hydrogens is 192 g/mol. The molecular formula is C11H20N2O2. The third kappa shape index (κ3) is 6.71. The Hall–Kier alpha value is -1.32. The summed E-state index contributed by atoms with van der Waals surface area (Å²) in [4.78, 5) is 22.7. The first-order valence-electron chi connectivity index (χ1n) is 5.01. The molecule has 0 aromatic rings. The second-order valence-corrected chi connectivity index (χ2v) is 4.47. The van der Waals surface area contributed by atoms with Gasteiger partial charge in [-0.05, 0) is 40.7 Å². The predicted molar refractivity (Wildman–Crippen MR) is 60.3 cm³/mol. The third-order valence-corrected chi connectivity index (χ3v) is 1.57. The zero-order valence-electron chi connectivity index (χ0n) is 10.0. The summed E-state index contributed by atoms with van der Waals surface area (Å²) >= 11 is 0. The quantitative estimate of drug-likeness (QED) is 0.685. The second-order valence-electron chi connectivity index (χ2n) is 4.47. The Bertz CT molecular complexity index is 264. The lowest BCUT2D eigenvalue weighted by Gasteiger charge is -2.23. The van der Waals surface area contributed by atoms with Gasteiger partial charge in [0.25, 0.3) is 0 Å². The summed E-state index contributed by atoms with van der Waals surface area (Å²) in [6, 6.07) is -0.520. The highest BCUT2D eigenvalue weighted by Crippen LogP contribution is 1.99. The summed E-state index contributed by atoms with van der Waals surface area (Å²) in [6.45, 7) is 9.09. The molecule has 0 rings (SSSR count). The Balaban J connectivity index is 4.16. The van der Waals surface area contributed by atoms with Crippen LogP contribution in [0.3, 0.4) is 0 Å². The van der Waals surface area contributed by atoms with Gasteiger partial charge < -0.3 is 10.6 Å². The topological polar surface area (TPSA) is 58.2 Å². The maximum Gasteiger partial charge on any atom is 0.244 e. The molecule has 0 bridgehead atoms. The molecule has 4 heteroatoms. The molecule has 86 valence electrons. The lowest BCUT2D eigenvalue weighted by atomic mass is 10.1. The summed E-state index contributed by atoms with van der Waals surface area (Å²) in [7, 11) is 0. The molecule has 0 aliphatic rings.